The third-order valence-corrected chi connectivity index (χ3v) is 5.44. The molecular formula is C22H25N5O. The molecule has 0 aliphatic heterocycles. The number of pyridine rings is 1. The van der Waals surface area contributed by atoms with E-state index in [9.17, 15) is 4.79 Å². The predicted molar refractivity (Wildman–Crippen MR) is 107 cm³/mol. The Morgan fingerprint density at radius 1 is 1.04 bits per heavy atom. The van der Waals surface area contributed by atoms with Crippen LogP contribution in [-0.2, 0) is 6.42 Å². The lowest BCUT2D eigenvalue weighted by Crippen LogP contribution is -2.42. The van der Waals surface area contributed by atoms with Crippen LogP contribution in [0.4, 0.5) is 0 Å². The molecule has 6 heteroatoms. The SMILES string of the molecule is O=C(c1ccnc(-n2cnnc2)c1)N(CCc1ccccc1)C1CCCCC1. The third-order valence-electron chi connectivity index (χ3n) is 5.44. The van der Waals surface area contributed by atoms with Gasteiger partial charge in [0.05, 0.1) is 0 Å². The second kappa shape index (κ2) is 8.78. The van der Waals surface area contributed by atoms with Crippen molar-refractivity contribution in [1.29, 1.82) is 0 Å². The molecule has 2 heterocycles. The van der Waals surface area contributed by atoms with E-state index < -0.39 is 0 Å². The summed E-state index contributed by atoms with van der Waals surface area (Å²) in [6.45, 7) is 0.734. The standard InChI is InChI=1S/C22H25N5O/c28-22(19-11-13-23-21(15-19)26-16-24-25-17-26)27(20-9-5-2-6-10-20)14-12-18-7-3-1-4-8-18/h1,3-4,7-8,11,13,15-17,20H,2,5-6,9-10,12,14H2. The fourth-order valence-electron chi connectivity index (χ4n) is 3.91. The summed E-state index contributed by atoms with van der Waals surface area (Å²) in [6, 6.07) is 14.3. The molecule has 0 saturated heterocycles. The van der Waals surface area contributed by atoms with Crippen molar-refractivity contribution >= 4 is 5.91 Å². The molecule has 2 aromatic heterocycles. The Bertz CT molecular complexity index is 888. The lowest BCUT2D eigenvalue weighted by atomic mass is 9.93. The molecule has 4 rings (SSSR count). The van der Waals surface area contributed by atoms with Crippen LogP contribution in [0.3, 0.4) is 0 Å². The fourth-order valence-corrected chi connectivity index (χ4v) is 3.91. The van der Waals surface area contributed by atoms with E-state index in [0.29, 0.717) is 17.4 Å². The highest BCUT2D eigenvalue weighted by Crippen LogP contribution is 2.25. The molecule has 6 nitrogen and oxygen atoms in total. The Morgan fingerprint density at radius 2 is 1.79 bits per heavy atom. The van der Waals surface area contributed by atoms with Gasteiger partial charge in [-0.05, 0) is 37.0 Å². The summed E-state index contributed by atoms with van der Waals surface area (Å²) in [4.78, 5) is 19.9. The Labute approximate surface area is 165 Å². The van der Waals surface area contributed by atoms with Crippen molar-refractivity contribution in [2.45, 2.75) is 44.6 Å². The molecular weight excluding hydrogens is 350 g/mol. The molecule has 1 saturated carbocycles. The highest BCUT2D eigenvalue weighted by Gasteiger charge is 2.26. The van der Waals surface area contributed by atoms with Crippen molar-refractivity contribution < 1.29 is 4.79 Å². The zero-order valence-corrected chi connectivity index (χ0v) is 15.9. The van der Waals surface area contributed by atoms with Crippen LogP contribution < -0.4 is 0 Å². The van der Waals surface area contributed by atoms with Crippen LogP contribution in [0.1, 0.15) is 48.0 Å². The van der Waals surface area contributed by atoms with Gasteiger partial charge in [-0.2, -0.15) is 0 Å². The first kappa shape index (κ1) is 18.3. The summed E-state index contributed by atoms with van der Waals surface area (Å²) in [5, 5.41) is 7.64. The average molecular weight is 375 g/mol. The zero-order chi connectivity index (χ0) is 19.2. The van der Waals surface area contributed by atoms with Crippen molar-refractivity contribution in [2.75, 3.05) is 6.54 Å². The van der Waals surface area contributed by atoms with Gasteiger partial charge in [0.1, 0.15) is 18.5 Å². The van der Waals surface area contributed by atoms with Gasteiger partial charge >= 0.3 is 0 Å². The van der Waals surface area contributed by atoms with Crippen LogP contribution in [0.15, 0.2) is 61.3 Å². The first-order valence-corrected chi connectivity index (χ1v) is 9.97. The zero-order valence-electron chi connectivity index (χ0n) is 15.9. The van der Waals surface area contributed by atoms with E-state index in [1.54, 1.807) is 29.5 Å². The molecule has 1 aliphatic rings. The molecule has 0 spiro atoms. The van der Waals surface area contributed by atoms with Gasteiger partial charge in [-0.25, -0.2) is 4.98 Å². The Kier molecular flexibility index (Phi) is 5.75. The molecule has 28 heavy (non-hydrogen) atoms. The molecule has 0 N–H and O–H groups in total. The minimum Gasteiger partial charge on any atom is -0.335 e. The molecule has 0 unspecified atom stereocenters. The maximum absolute atomic E-state index is 13.4. The van der Waals surface area contributed by atoms with Gasteiger partial charge < -0.3 is 4.90 Å². The van der Waals surface area contributed by atoms with Crippen molar-refractivity contribution in [3.63, 3.8) is 0 Å². The molecule has 1 aromatic carbocycles. The number of carbonyl (C=O) groups is 1. The first-order chi connectivity index (χ1) is 13.8. The van der Waals surface area contributed by atoms with Gasteiger partial charge in [-0.15, -0.1) is 10.2 Å². The molecule has 144 valence electrons. The molecule has 1 fully saturated rings. The van der Waals surface area contributed by atoms with Crippen LogP contribution in [0.5, 0.6) is 0 Å². The quantitative estimate of drug-likeness (QED) is 0.659. The van der Waals surface area contributed by atoms with Gasteiger partial charge in [-0.1, -0.05) is 49.6 Å². The second-order valence-corrected chi connectivity index (χ2v) is 7.30. The number of benzene rings is 1. The number of hydrogen-bond acceptors (Lipinski definition) is 4. The number of aromatic nitrogens is 4. The minimum atomic E-state index is 0.0829. The summed E-state index contributed by atoms with van der Waals surface area (Å²) in [7, 11) is 0. The summed E-state index contributed by atoms with van der Waals surface area (Å²) < 4.78 is 1.71. The van der Waals surface area contributed by atoms with Gasteiger partial charge in [0.2, 0.25) is 0 Å². The topological polar surface area (TPSA) is 63.9 Å². The van der Waals surface area contributed by atoms with Crippen molar-refractivity contribution in [3.05, 3.63) is 72.4 Å². The van der Waals surface area contributed by atoms with E-state index in [0.717, 1.165) is 25.8 Å². The van der Waals surface area contributed by atoms with Gasteiger partial charge in [0.25, 0.3) is 5.91 Å². The fraction of sp³-hybridized carbons (Fsp3) is 0.364. The van der Waals surface area contributed by atoms with Crippen LogP contribution in [0.25, 0.3) is 5.82 Å². The van der Waals surface area contributed by atoms with Gasteiger partial charge in [-0.3, -0.25) is 9.36 Å². The van der Waals surface area contributed by atoms with Gasteiger partial charge in [0, 0.05) is 24.3 Å². The molecule has 1 aliphatic carbocycles. The second-order valence-electron chi connectivity index (χ2n) is 7.30. The van der Waals surface area contributed by atoms with E-state index in [1.807, 2.05) is 12.1 Å². The molecule has 0 radical (unpaired) electrons. The Hall–Kier alpha value is -3.02. The van der Waals surface area contributed by atoms with Crippen LogP contribution >= 0.6 is 0 Å². The van der Waals surface area contributed by atoms with Crippen molar-refractivity contribution in [3.8, 4) is 5.82 Å². The number of amides is 1. The van der Waals surface area contributed by atoms with E-state index in [4.69, 9.17) is 0 Å². The third kappa shape index (κ3) is 4.27. The maximum atomic E-state index is 13.4. The van der Waals surface area contributed by atoms with E-state index >= 15 is 0 Å². The van der Waals surface area contributed by atoms with Crippen LogP contribution in [0, 0.1) is 0 Å². The van der Waals surface area contributed by atoms with E-state index in [2.05, 4.69) is 44.3 Å². The predicted octanol–water partition coefficient (Wildman–Crippen LogP) is 3.68. The Balaban J connectivity index is 1.56. The van der Waals surface area contributed by atoms with E-state index in [1.165, 1.54) is 24.8 Å². The van der Waals surface area contributed by atoms with E-state index in [-0.39, 0.29) is 5.91 Å². The number of rotatable bonds is 6. The minimum absolute atomic E-state index is 0.0829. The highest BCUT2D eigenvalue weighted by molar-refractivity contribution is 5.94. The molecule has 1 amide bonds. The van der Waals surface area contributed by atoms with Crippen LogP contribution in [-0.4, -0.2) is 43.1 Å². The first-order valence-electron chi connectivity index (χ1n) is 9.97. The lowest BCUT2D eigenvalue weighted by molar-refractivity contribution is 0.0637. The molecule has 0 atom stereocenters. The monoisotopic (exact) mass is 375 g/mol. The van der Waals surface area contributed by atoms with Gasteiger partial charge in [0.15, 0.2) is 0 Å². The number of nitrogens with zero attached hydrogens (tertiary/aromatic N) is 5. The number of carbonyl (C=O) groups excluding carboxylic acids is 1. The average Bonchev–Trinajstić information content (AvgIpc) is 3.30. The summed E-state index contributed by atoms with van der Waals surface area (Å²) in [5.41, 5.74) is 1.92. The normalized spacial score (nSPS) is 14.7. The maximum Gasteiger partial charge on any atom is 0.254 e. The van der Waals surface area contributed by atoms with Crippen molar-refractivity contribution in [2.24, 2.45) is 0 Å². The molecule has 0 bridgehead atoms. The summed E-state index contributed by atoms with van der Waals surface area (Å²) in [5.74, 6) is 0.738. The van der Waals surface area contributed by atoms with Crippen LogP contribution in [0.2, 0.25) is 0 Å². The Morgan fingerprint density at radius 3 is 2.54 bits per heavy atom. The summed E-state index contributed by atoms with van der Waals surface area (Å²) >= 11 is 0. The number of hydrogen-bond donors (Lipinski definition) is 0. The highest BCUT2D eigenvalue weighted by atomic mass is 16.2. The molecule has 3 aromatic rings. The largest absolute Gasteiger partial charge is 0.335 e. The lowest BCUT2D eigenvalue weighted by Gasteiger charge is -2.34. The van der Waals surface area contributed by atoms with Crippen molar-refractivity contribution in [1.82, 2.24) is 24.6 Å². The summed E-state index contributed by atoms with van der Waals surface area (Å²) in [6.07, 6.45) is 11.6. The smallest absolute Gasteiger partial charge is 0.254 e.